The molecule has 0 aromatic heterocycles. The van der Waals surface area contributed by atoms with Crippen molar-refractivity contribution in [3.05, 3.63) is 25.3 Å². The zero-order chi connectivity index (χ0) is 10.3. The lowest BCUT2D eigenvalue weighted by Gasteiger charge is -2.29. The highest BCUT2D eigenvalue weighted by atomic mass is 16.7. The number of ether oxygens (including phenoxy) is 2. The van der Waals surface area contributed by atoms with E-state index in [-0.39, 0.29) is 11.7 Å². The summed E-state index contributed by atoms with van der Waals surface area (Å²) in [5, 5.41) is 0. The molecule has 2 heteroatoms. The molecule has 0 aromatic rings. The van der Waals surface area contributed by atoms with Crippen LogP contribution in [0.2, 0.25) is 0 Å². The standard InChI is InChI=1S/C11H20O2/c1-6-8-12-10(11(3,4)5)13-9-7-2/h6-7,10H,1-2,8-9H2,3-5H3. The monoisotopic (exact) mass is 184 g/mol. The lowest BCUT2D eigenvalue weighted by Crippen LogP contribution is -2.32. The average Bonchev–Trinajstić information content (AvgIpc) is 2.02. The molecule has 0 saturated carbocycles. The van der Waals surface area contributed by atoms with Crippen molar-refractivity contribution in [2.24, 2.45) is 5.41 Å². The maximum Gasteiger partial charge on any atom is 0.163 e. The molecule has 0 unspecified atom stereocenters. The molecule has 0 aromatic carbocycles. The van der Waals surface area contributed by atoms with Crippen LogP contribution in [0.15, 0.2) is 25.3 Å². The lowest BCUT2D eigenvalue weighted by atomic mass is 9.96. The molecule has 76 valence electrons. The molecule has 0 aliphatic carbocycles. The fourth-order valence-electron chi connectivity index (χ4n) is 0.859. The molecule has 0 atom stereocenters. The fourth-order valence-corrected chi connectivity index (χ4v) is 0.859. The lowest BCUT2D eigenvalue weighted by molar-refractivity contribution is -0.181. The van der Waals surface area contributed by atoms with Gasteiger partial charge in [-0.25, -0.2) is 0 Å². The summed E-state index contributed by atoms with van der Waals surface area (Å²) in [4.78, 5) is 0. The summed E-state index contributed by atoms with van der Waals surface area (Å²) in [7, 11) is 0. The van der Waals surface area contributed by atoms with Crippen LogP contribution in [0, 0.1) is 5.41 Å². The number of rotatable bonds is 6. The molecule has 0 spiro atoms. The number of hydrogen-bond acceptors (Lipinski definition) is 2. The minimum atomic E-state index is -0.205. The van der Waals surface area contributed by atoms with Crippen molar-refractivity contribution in [3.63, 3.8) is 0 Å². The largest absolute Gasteiger partial charge is 0.348 e. The van der Waals surface area contributed by atoms with Crippen LogP contribution in [-0.4, -0.2) is 19.5 Å². The van der Waals surface area contributed by atoms with Gasteiger partial charge in [0.15, 0.2) is 6.29 Å². The minimum Gasteiger partial charge on any atom is -0.348 e. The Morgan fingerprint density at radius 2 is 1.46 bits per heavy atom. The SMILES string of the molecule is C=CCOC(OCC=C)C(C)(C)C. The molecule has 0 N–H and O–H groups in total. The summed E-state index contributed by atoms with van der Waals surface area (Å²) in [6.45, 7) is 14.4. The number of hydrogen-bond donors (Lipinski definition) is 0. The zero-order valence-electron chi connectivity index (χ0n) is 8.88. The van der Waals surface area contributed by atoms with Gasteiger partial charge in [-0.15, -0.1) is 13.2 Å². The molecular weight excluding hydrogens is 164 g/mol. The molecule has 0 heterocycles. The van der Waals surface area contributed by atoms with E-state index in [0.717, 1.165) is 0 Å². The van der Waals surface area contributed by atoms with Gasteiger partial charge in [-0.2, -0.15) is 0 Å². The zero-order valence-corrected chi connectivity index (χ0v) is 8.88. The van der Waals surface area contributed by atoms with E-state index in [0.29, 0.717) is 13.2 Å². The van der Waals surface area contributed by atoms with Gasteiger partial charge in [0, 0.05) is 5.41 Å². The van der Waals surface area contributed by atoms with E-state index < -0.39 is 0 Å². The van der Waals surface area contributed by atoms with Crippen molar-refractivity contribution in [2.75, 3.05) is 13.2 Å². The Balaban J connectivity index is 4.02. The second-order valence-electron chi connectivity index (χ2n) is 3.94. The van der Waals surface area contributed by atoms with Crippen molar-refractivity contribution in [3.8, 4) is 0 Å². The van der Waals surface area contributed by atoms with E-state index in [9.17, 15) is 0 Å². The molecular formula is C11H20O2. The van der Waals surface area contributed by atoms with Crippen molar-refractivity contribution in [1.82, 2.24) is 0 Å². The van der Waals surface area contributed by atoms with Gasteiger partial charge in [-0.1, -0.05) is 32.9 Å². The van der Waals surface area contributed by atoms with Gasteiger partial charge >= 0.3 is 0 Å². The summed E-state index contributed by atoms with van der Waals surface area (Å²) in [6, 6.07) is 0. The van der Waals surface area contributed by atoms with Gasteiger partial charge < -0.3 is 9.47 Å². The Bertz CT molecular complexity index is 144. The van der Waals surface area contributed by atoms with E-state index in [1.54, 1.807) is 12.2 Å². The second-order valence-corrected chi connectivity index (χ2v) is 3.94. The Kier molecular flexibility index (Phi) is 5.67. The summed E-state index contributed by atoms with van der Waals surface area (Å²) in [6.07, 6.45) is 3.23. The molecule has 0 rings (SSSR count). The molecule has 13 heavy (non-hydrogen) atoms. The highest BCUT2D eigenvalue weighted by molar-refractivity contribution is 4.73. The fraction of sp³-hybridized carbons (Fsp3) is 0.636. The molecule has 0 aliphatic heterocycles. The van der Waals surface area contributed by atoms with Crippen molar-refractivity contribution >= 4 is 0 Å². The Labute approximate surface area is 81.2 Å². The molecule has 0 amide bonds. The van der Waals surface area contributed by atoms with E-state index in [4.69, 9.17) is 9.47 Å². The third-order valence-corrected chi connectivity index (χ3v) is 1.44. The molecule has 0 aliphatic rings. The van der Waals surface area contributed by atoms with Crippen molar-refractivity contribution < 1.29 is 9.47 Å². The topological polar surface area (TPSA) is 18.5 Å². The molecule has 0 saturated heterocycles. The first-order valence-electron chi connectivity index (χ1n) is 4.47. The Hall–Kier alpha value is -0.600. The van der Waals surface area contributed by atoms with Gasteiger partial charge in [0.1, 0.15) is 0 Å². The summed E-state index contributed by atoms with van der Waals surface area (Å²) in [5.74, 6) is 0. The Morgan fingerprint density at radius 3 is 1.69 bits per heavy atom. The Morgan fingerprint density at radius 1 is 1.08 bits per heavy atom. The highest BCUT2D eigenvalue weighted by Gasteiger charge is 2.25. The van der Waals surface area contributed by atoms with Crippen LogP contribution < -0.4 is 0 Å². The second kappa shape index (κ2) is 5.95. The van der Waals surface area contributed by atoms with Crippen molar-refractivity contribution in [2.45, 2.75) is 27.1 Å². The molecule has 2 nitrogen and oxygen atoms in total. The van der Waals surface area contributed by atoms with Gasteiger partial charge in [-0.3, -0.25) is 0 Å². The summed E-state index contributed by atoms with van der Waals surface area (Å²) in [5.41, 5.74) is -0.0218. The normalized spacial score (nSPS) is 11.7. The van der Waals surface area contributed by atoms with Crippen LogP contribution in [0.5, 0.6) is 0 Å². The first kappa shape index (κ1) is 12.4. The van der Waals surface area contributed by atoms with Crippen molar-refractivity contribution in [1.29, 1.82) is 0 Å². The minimum absolute atomic E-state index is 0.0218. The first-order valence-corrected chi connectivity index (χ1v) is 4.47. The van der Waals surface area contributed by atoms with Gasteiger partial charge in [-0.05, 0) is 0 Å². The quantitative estimate of drug-likeness (QED) is 0.467. The van der Waals surface area contributed by atoms with Gasteiger partial charge in [0.25, 0.3) is 0 Å². The first-order chi connectivity index (χ1) is 6.02. The van der Waals surface area contributed by atoms with Crippen LogP contribution in [-0.2, 0) is 9.47 Å². The van der Waals surface area contributed by atoms with Crippen LogP contribution in [0.4, 0.5) is 0 Å². The van der Waals surface area contributed by atoms with Crippen LogP contribution in [0.1, 0.15) is 20.8 Å². The predicted molar refractivity (Wildman–Crippen MR) is 55.5 cm³/mol. The van der Waals surface area contributed by atoms with Gasteiger partial charge in [0.2, 0.25) is 0 Å². The predicted octanol–water partition coefficient (Wildman–Crippen LogP) is 2.76. The maximum absolute atomic E-state index is 5.47. The van der Waals surface area contributed by atoms with E-state index in [1.807, 2.05) is 0 Å². The smallest absolute Gasteiger partial charge is 0.163 e. The van der Waals surface area contributed by atoms with Crippen LogP contribution in [0.25, 0.3) is 0 Å². The van der Waals surface area contributed by atoms with Gasteiger partial charge in [0.05, 0.1) is 13.2 Å². The van der Waals surface area contributed by atoms with E-state index in [2.05, 4.69) is 33.9 Å². The van der Waals surface area contributed by atoms with E-state index in [1.165, 1.54) is 0 Å². The van der Waals surface area contributed by atoms with Crippen LogP contribution >= 0.6 is 0 Å². The summed E-state index contributed by atoms with van der Waals surface area (Å²) < 4.78 is 10.9. The van der Waals surface area contributed by atoms with Crippen LogP contribution in [0.3, 0.4) is 0 Å². The highest BCUT2D eigenvalue weighted by Crippen LogP contribution is 2.23. The molecule has 0 bridgehead atoms. The van der Waals surface area contributed by atoms with E-state index >= 15 is 0 Å². The third-order valence-electron chi connectivity index (χ3n) is 1.44. The summed E-state index contributed by atoms with van der Waals surface area (Å²) >= 11 is 0. The maximum atomic E-state index is 5.47. The molecule has 0 radical (unpaired) electrons. The third kappa shape index (κ3) is 5.61. The average molecular weight is 184 g/mol. The molecule has 0 fully saturated rings.